The first-order valence-corrected chi connectivity index (χ1v) is 17.9. The Morgan fingerprint density at radius 1 is 0.771 bits per heavy atom. The van der Waals surface area contributed by atoms with E-state index in [9.17, 15) is 0 Å². The summed E-state index contributed by atoms with van der Waals surface area (Å²) in [6.45, 7) is 9.49. The second kappa shape index (κ2) is 11.3. The van der Waals surface area contributed by atoms with Crippen LogP contribution in [0.4, 0.5) is 5.69 Å². The fourth-order valence-electron chi connectivity index (χ4n) is 8.02. The Morgan fingerprint density at radius 2 is 1.46 bits per heavy atom. The summed E-state index contributed by atoms with van der Waals surface area (Å²) < 4.78 is 2.66. The van der Waals surface area contributed by atoms with Crippen molar-refractivity contribution in [2.75, 3.05) is 0 Å². The molecule has 6 aromatic carbocycles. The lowest BCUT2D eigenvalue weighted by Gasteiger charge is -2.27. The van der Waals surface area contributed by atoms with Crippen LogP contribution in [0.1, 0.15) is 52.6 Å². The van der Waals surface area contributed by atoms with Crippen molar-refractivity contribution in [3.63, 3.8) is 0 Å². The average Bonchev–Trinajstić information content (AvgIpc) is 3.85. The summed E-state index contributed by atoms with van der Waals surface area (Å²) in [4.78, 5) is 5.62. The fourth-order valence-corrected chi connectivity index (χ4v) is 9.36. The van der Waals surface area contributed by atoms with Crippen molar-refractivity contribution in [3.05, 3.63) is 161 Å². The molecule has 2 heteroatoms. The van der Waals surface area contributed by atoms with Gasteiger partial charge in [0, 0.05) is 31.2 Å². The van der Waals surface area contributed by atoms with Crippen LogP contribution in [0.25, 0.3) is 53.7 Å². The average molecular weight is 636 g/mol. The van der Waals surface area contributed by atoms with Gasteiger partial charge in [-0.15, -0.1) is 11.3 Å². The summed E-state index contributed by atoms with van der Waals surface area (Å²) in [6, 6.07) is 42.0. The second-order valence-corrected chi connectivity index (χ2v) is 14.6. The van der Waals surface area contributed by atoms with Gasteiger partial charge < -0.3 is 0 Å². The van der Waals surface area contributed by atoms with Crippen molar-refractivity contribution >= 4 is 65.3 Å². The molecule has 0 N–H and O–H groups in total. The molecule has 0 unspecified atom stereocenters. The monoisotopic (exact) mass is 635 g/mol. The quantitative estimate of drug-likeness (QED) is 0.161. The molecule has 0 atom stereocenters. The van der Waals surface area contributed by atoms with Gasteiger partial charge in [0.05, 0.1) is 11.4 Å². The molecule has 0 aliphatic heterocycles. The molecule has 232 valence electrons. The molecule has 48 heavy (non-hydrogen) atoms. The summed E-state index contributed by atoms with van der Waals surface area (Å²) in [5, 5.41) is 5.32. The summed E-state index contributed by atoms with van der Waals surface area (Å²) in [6.07, 6.45) is 8.96. The molecule has 2 aliphatic carbocycles. The first-order valence-electron chi connectivity index (χ1n) is 17.1. The van der Waals surface area contributed by atoms with Gasteiger partial charge in [-0.2, -0.15) is 0 Å². The van der Waals surface area contributed by atoms with Crippen LogP contribution < -0.4 is 0 Å². The van der Waals surface area contributed by atoms with Crippen LogP contribution >= 0.6 is 11.3 Å². The maximum absolute atomic E-state index is 5.62. The smallest absolute Gasteiger partial charge is 0.0662 e. The molecule has 0 radical (unpaired) electrons. The predicted molar refractivity (Wildman–Crippen MR) is 209 cm³/mol. The lowest BCUT2D eigenvalue weighted by molar-refractivity contribution is 0.954. The summed E-state index contributed by atoms with van der Waals surface area (Å²) >= 11 is 1.93. The molecule has 2 aliphatic rings. The van der Waals surface area contributed by atoms with E-state index in [4.69, 9.17) is 11.6 Å². The predicted octanol–water partition coefficient (Wildman–Crippen LogP) is 13.0. The normalized spacial score (nSPS) is 15.2. The zero-order valence-electron chi connectivity index (χ0n) is 27.5. The number of allylic oxidation sites excluding steroid dienone is 2. The van der Waals surface area contributed by atoms with Crippen molar-refractivity contribution in [3.8, 4) is 11.1 Å². The minimum Gasteiger partial charge on any atom is -0.252 e. The summed E-state index contributed by atoms with van der Waals surface area (Å²) in [7, 11) is 0. The molecule has 0 spiro atoms. The van der Waals surface area contributed by atoms with Crippen LogP contribution in [0.5, 0.6) is 0 Å². The van der Waals surface area contributed by atoms with Crippen LogP contribution in [-0.2, 0) is 11.8 Å². The van der Waals surface area contributed by atoms with Crippen molar-refractivity contribution < 1.29 is 0 Å². The highest BCUT2D eigenvalue weighted by atomic mass is 32.1. The number of fused-ring (bicyclic) bond motifs is 6. The summed E-state index contributed by atoms with van der Waals surface area (Å²) in [5.74, 6) is 0. The Balaban J connectivity index is 1.42. The van der Waals surface area contributed by atoms with Crippen molar-refractivity contribution in [1.29, 1.82) is 0 Å². The Hall–Kier alpha value is -5.05. The molecule has 1 fully saturated rings. The van der Waals surface area contributed by atoms with Crippen LogP contribution in [0, 0.1) is 13.8 Å². The molecular formula is C46H37NS. The van der Waals surface area contributed by atoms with E-state index < -0.39 is 0 Å². The maximum atomic E-state index is 5.62. The lowest BCUT2D eigenvalue weighted by atomic mass is 9.77. The molecule has 0 amide bonds. The van der Waals surface area contributed by atoms with Crippen molar-refractivity contribution in [2.45, 2.75) is 44.9 Å². The number of thiophene rings is 1. The van der Waals surface area contributed by atoms with E-state index in [0.29, 0.717) is 0 Å². The highest BCUT2D eigenvalue weighted by Crippen LogP contribution is 2.56. The van der Waals surface area contributed by atoms with E-state index in [0.717, 1.165) is 42.7 Å². The Labute approximate surface area is 286 Å². The third-order valence-electron chi connectivity index (χ3n) is 10.7. The molecule has 1 aromatic heterocycles. The first-order chi connectivity index (χ1) is 23.5. The van der Waals surface area contributed by atoms with Gasteiger partial charge in [-0.05, 0) is 113 Å². The molecule has 0 bridgehead atoms. The zero-order chi connectivity index (χ0) is 32.4. The topological polar surface area (TPSA) is 12.4 Å². The maximum Gasteiger partial charge on any atom is 0.0662 e. The van der Waals surface area contributed by atoms with Crippen molar-refractivity contribution in [2.24, 2.45) is 4.99 Å². The number of rotatable bonds is 6. The Kier molecular flexibility index (Phi) is 6.85. The molecule has 1 saturated carbocycles. The Morgan fingerprint density at radius 3 is 2.21 bits per heavy atom. The largest absolute Gasteiger partial charge is 0.252 e. The van der Waals surface area contributed by atoms with Gasteiger partial charge in [0.25, 0.3) is 0 Å². The van der Waals surface area contributed by atoms with Crippen LogP contribution in [0.3, 0.4) is 0 Å². The van der Waals surface area contributed by atoms with Crippen molar-refractivity contribution in [1.82, 2.24) is 0 Å². The highest BCUT2D eigenvalue weighted by Gasteiger charge is 2.50. The number of hydrogen-bond acceptors (Lipinski definition) is 2. The van der Waals surface area contributed by atoms with E-state index in [2.05, 4.69) is 141 Å². The first kappa shape index (κ1) is 29.1. The van der Waals surface area contributed by atoms with E-state index in [1.165, 1.54) is 75.5 Å². The van der Waals surface area contributed by atoms with E-state index in [1.54, 1.807) is 0 Å². The van der Waals surface area contributed by atoms with E-state index >= 15 is 0 Å². The molecule has 1 heterocycles. The van der Waals surface area contributed by atoms with Gasteiger partial charge in [-0.25, -0.2) is 0 Å². The molecule has 1 nitrogen and oxygen atoms in total. The number of hydrogen-bond donors (Lipinski definition) is 0. The number of aryl methyl sites for hydroxylation is 3. The third kappa shape index (κ3) is 4.54. The number of para-hydroxylation sites is 1. The van der Waals surface area contributed by atoms with Crippen LogP contribution in [0.2, 0.25) is 0 Å². The highest BCUT2D eigenvalue weighted by molar-refractivity contribution is 7.26. The van der Waals surface area contributed by atoms with E-state index in [1.807, 2.05) is 11.3 Å². The zero-order valence-corrected chi connectivity index (χ0v) is 28.3. The van der Waals surface area contributed by atoms with E-state index in [-0.39, 0.29) is 5.41 Å². The minimum absolute atomic E-state index is 0.174. The molecule has 9 rings (SSSR count). The number of benzene rings is 6. The second-order valence-electron chi connectivity index (χ2n) is 13.6. The minimum atomic E-state index is -0.174. The SMILES string of the molecule is C=C(C(=Nc1ccccc1C)C1(c2ccccc2)CC1)c1c(-c2ccccc2C)c2c(c3c1sc1cc4ccccc4cc13)CCC=C2. The number of nitrogens with zero attached hydrogens (tertiary/aromatic N) is 1. The van der Waals surface area contributed by atoms with Gasteiger partial charge in [0.2, 0.25) is 0 Å². The molecule has 7 aromatic rings. The van der Waals surface area contributed by atoms with Gasteiger partial charge in [-0.3, -0.25) is 4.99 Å². The van der Waals surface area contributed by atoms with Crippen LogP contribution in [-0.4, -0.2) is 5.71 Å². The third-order valence-corrected chi connectivity index (χ3v) is 11.8. The summed E-state index contributed by atoms with van der Waals surface area (Å²) in [5.41, 5.74) is 13.4. The van der Waals surface area contributed by atoms with Gasteiger partial charge >= 0.3 is 0 Å². The fraction of sp³-hybridized carbons (Fsp3) is 0.152. The molecule has 0 saturated heterocycles. The van der Waals surface area contributed by atoms with Crippen LogP contribution in [0.15, 0.2) is 133 Å². The van der Waals surface area contributed by atoms with Gasteiger partial charge in [-0.1, -0.05) is 116 Å². The Bertz CT molecular complexity index is 2490. The van der Waals surface area contributed by atoms with Gasteiger partial charge in [0.15, 0.2) is 0 Å². The number of aliphatic imine (C=N–C) groups is 1. The van der Waals surface area contributed by atoms with Gasteiger partial charge in [0.1, 0.15) is 0 Å². The standard InChI is InChI=1S/C46H37NS/c1-29-15-7-11-21-35(29)42-36-22-12-13-23-37(36)43-38-27-32-17-9-10-18-33(32)28-40(38)48-44(43)41(42)31(3)45(47-39-24-14-8-16-30(39)2)46(25-26-46)34-19-5-4-6-20-34/h4-12,14-22,24,27-28H,3,13,23,25-26H2,1-2H3. The lowest BCUT2D eigenvalue weighted by Crippen LogP contribution is -2.22. The molecular weight excluding hydrogens is 599 g/mol.